The quantitative estimate of drug-likeness (QED) is 0.724. The smallest absolute Gasteiger partial charge is 0.407 e. The molecule has 0 atom stereocenters. The molecule has 0 bridgehead atoms. The average Bonchev–Trinajstić information content (AvgIpc) is 2.65. The van der Waals surface area contributed by atoms with Crippen LogP contribution in [-0.4, -0.2) is 12.0 Å². The Labute approximate surface area is 151 Å². The number of ether oxygens (including phenoxy) is 1. The fourth-order valence-corrected chi connectivity index (χ4v) is 2.50. The number of hydrogen-bond donors (Lipinski definition) is 1. The van der Waals surface area contributed by atoms with Gasteiger partial charge in [0.1, 0.15) is 0 Å². The summed E-state index contributed by atoms with van der Waals surface area (Å²) in [5, 5.41) is 2.66. The SMILES string of the molecule is CC(=O)Nc1ccccc1OC(=O)N(c1ccccc1)c1ccccc1. The van der Waals surface area contributed by atoms with E-state index in [1.54, 1.807) is 24.3 Å². The predicted molar refractivity (Wildman–Crippen MR) is 102 cm³/mol. The molecule has 0 saturated carbocycles. The predicted octanol–water partition coefficient (Wildman–Crippen LogP) is 4.98. The Morgan fingerprint density at radius 2 is 1.27 bits per heavy atom. The van der Waals surface area contributed by atoms with E-state index in [2.05, 4.69) is 5.32 Å². The van der Waals surface area contributed by atoms with Crippen molar-refractivity contribution in [1.82, 2.24) is 0 Å². The first kappa shape index (κ1) is 17.2. The minimum atomic E-state index is -0.569. The molecule has 5 nitrogen and oxygen atoms in total. The van der Waals surface area contributed by atoms with Gasteiger partial charge in [0.15, 0.2) is 5.75 Å². The molecule has 26 heavy (non-hydrogen) atoms. The molecule has 3 aromatic rings. The highest BCUT2D eigenvalue weighted by Gasteiger charge is 2.21. The molecule has 0 radical (unpaired) electrons. The van der Waals surface area contributed by atoms with Gasteiger partial charge < -0.3 is 10.1 Å². The second-order valence-corrected chi connectivity index (χ2v) is 5.55. The van der Waals surface area contributed by atoms with Crippen LogP contribution in [-0.2, 0) is 4.79 Å². The van der Waals surface area contributed by atoms with E-state index in [-0.39, 0.29) is 11.7 Å². The Balaban J connectivity index is 1.94. The normalized spacial score (nSPS) is 10.0. The Bertz CT molecular complexity index is 856. The van der Waals surface area contributed by atoms with Gasteiger partial charge in [0.05, 0.1) is 17.1 Å². The number of carbonyl (C=O) groups excluding carboxylic acids is 2. The standard InChI is InChI=1S/C21H18N2O3/c1-16(24)22-19-14-8-9-15-20(19)26-21(25)23(17-10-4-2-5-11-17)18-12-6-3-7-13-18/h2-15H,1H3,(H,22,24). The molecule has 3 aromatic carbocycles. The summed E-state index contributed by atoms with van der Waals surface area (Å²) in [6.45, 7) is 1.40. The molecule has 0 fully saturated rings. The van der Waals surface area contributed by atoms with E-state index in [0.717, 1.165) is 0 Å². The zero-order valence-corrected chi connectivity index (χ0v) is 14.3. The molecule has 0 unspecified atom stereocenters. The summed E-state index contributed by atoms with van der Waals surface area (Å²) >= 11 is 0. The van der Waals surface area contributed by atoms with E-state index in [0.29, 0.717) is 17.1 Å². The molecule has 0 aliphatic rings. The van der Waals surface area contributed by atoms with Gasteiger partial charge in [-0.25, -0.2) is 9.69 Å². The van der Waals surface area contributed by atoms with Gasteiger partial charge >= 0.3 is 6.09 Å². The van der Waals surface area contributed by atoms with E-state index in [9.17, 15) is 9.59 Å². The summed E-state index contributed by atoms with van der Waals surface area (Å²) in [4.78, 5) is 25.8. The number of anilines is 3. The molecule has 130 valence electrons. The molecule has 0 heterocycles. The molecule has 2 amide bonds. The maximum atomic E-state index is 12.9. The topological polar surface area (TPSA) is 58.6 Å². The maximum absolute atomic E-state index is 12.9. The molecule has 1 N–H and O–H groups in total. The van der Waals surface area contributed by atoms with Crippen molar-refractivity contribution in [2.45, 2.75) is 6.92 Å². The lowest BCUT2D eigenvalue weighted by atomic mass is 10.2. The number of nitrogens with zero attached hydrogens (tertiary/aromatic N) is 1. The Kier molecular flexibility index (Phi) is 5.29. The third-order valence-electron chi connectivity index (χ3n) is 3.61. The highest BCUT2D eigenvalue weighted by molar-refractivity contribution is 5.98. The van der Waals surface area contributed by atoms with E-state index in [1.165, 1.54) is 11.8 Å². The minimum absolute atomic E-state index is 0.239. The number of amides is 2. The number of nitrogens with one attached hydrogen (secondary N) is 1. The van der Waals surface area contributed by atoms with Crippen molar-refractivity contribution >= 4 is 29.1 Å². The van der Waals surface area contributed by atoms with Gasteiger partial charge in [0.2, 0.25) is 5.91 Å². The van der Waals surface area contributed by atoms with Crippen LogP contribution in [0.2, 0.25) is 0 Å². The zero-order valence-electron chi connectivity index (χ0n) is 14.3. The lowest BCUT2D eigenvalue weighted by Crippen LogP contribution is -2.29. The molecule has 5 heteroatoms. The van der Waals surface area contributed by atoms with Crippen molar-refractivity contribution in [2.24, 2.45) is 0 Å². The average molecular weight is 346 g/mol. The summed E-state index contributed by atoms with van der Waals surface area (Å²) < 4.78 is 5.59. The Hall–Kier alpha value is -3.60. The van der Waals surface area contributed by atoms with Gasteiger partial charge in [0.25, 0.3) is 0 Å². The van der Waals surface area contributed by atoms with Crippen LogP contribution in [0, 0.1) is 0 Å². The van der Waals surface area contributed by atoms with Crippen LogP contribution in [0.4, 0.5) is 21.9 Å². The minimum Gasteiger partial charge on any atom is -0.407 e. The lowest BCUT2D eigenvalue weighted by molar-refractivity contribution is -0.114. The fraction of sp³-hybridized carbons (Fsp3) is 0.0476. The van der Waals surface area contributed by atoms with E-state index < -0.39 is 6.09 Å². The molecule has 0 saturated heterocycles. The van der Waals surface area contributed by atoms with Crippen LogP contribution in [0.1, 0.15) is 6.92 Å². The second-order valence-electron chi connectivity index (χ2n) is 5.55. The van der Waals surface area contributed by atoms with Gasteiger partial charge in [-0.15, -0.1) is 0 Å². The van der Waals surface area contributed by atoms with Crippen molar-refractivity contribution in [1.29, 1.82) is 0 Å². The van der Waals surface area contributed by atoms with Gasteiger partial charge in [-0.3, -0.25) is 4.79 Å². The highest BCUT2D eigenvalue weighted by Crippen LogP contribution is 2.29. The molecular weight excluding hydrogens is 328 g/mol. The summed E-state index contributed by atoms with van der Waals surface area (Å²) in [6.07, 6.45) is -0.569. The van der Waals surface area contributed by atoms with Gasteiger partial charge in [0, 0.05) is 6.92 Å². The Morgan fingerprint density at radius 3 is 1.81 bits per heavy atom. The van der Waals surface area contributed by atoms with Crippen molar-refractivity contribution in [2.75, 3.05) is 10.2 Å². The summed E-state index contributed by atoms with van der Waals surface area (Å²) in [5.74, 6) is 0.0426. The van der Waals surface area contributed by atoms with Crippen LogP contribution >= 0.6 is 0 Å². The van der Waals surface area contributed by atoms with Crippen LogP contribution in [0.5, 0.6) is 5.75 Å². The third-order valence-corrected chi connectivity index (χ3v) is 3.61. The number of carbonyl (C=O) groups is 2. The molecule has 0 aromatic heterocycles. The van der Waals surface area contributed by atoms with Crippen LogP contribution in [0.25, 0.3) is 0 Å². The van der Waals surface area contributed by atoms with Crippen molar-refractivity contribution in [3.8, 4) is 5.75 Å². The van der Waals surface area contributed by atoms with Crippen LogP contribution in [0.15, 0.2) is 84.9 Å². The summed E-state index contributed by atoms with van der Waals surface area (Å²) in [5.41, 5.74) is 1.80. The molecule has 0 spiro atoms. The first-order chi connectivity index (χ1) is 12.6. The van der Waals surface area contributed by atoms with Gasteiger partial charge in [-0.2, -0.15) is 0 Å². The van der Waals surface area contributed by atoms with E-state index in [4.69, 9.17) is 4.74 Å². The van der Waals surface area contributed by atoms with Crippen molar-refractivity contribution in [3.63, 3.8) is 0 Å². The lowest BCUT2D eigenvalue weighted by Gasteiger charge is -2.22. The van der Waals surface area contributed by atoms with Crippen LogP contribution in [0.3, 0.4) is 0 Å². The second kappa shape index (κ2) is 7.98. The molecule has 0 aliphatic heterocycles. The number of benzene rings is 3. The highest BCUT2D eigenvalue weighted by atomic mass is 16.6. The van der Waals surface area contributed by atoms with Gasteiger partial charge in [-0.1, -0.05) is 48.5 Å². The summed E-state index contributed by atoms with van der Waals surface area (Å²) in [6, 6.07) is 25.3. The zero-order chi connectivity index (χ0) is 18.4. The summed E-state index contributed by atoms with van der Waals surface area (Å²) in [7, 11) is 0. The first-order valence-corrected chi connectivity index (χ1v) is 8.14. The molecule has 3 rings (SSSR count). The number of para-hydroxylation sites is 4. The Morgan fingerprint density at radius 1 is 0.769 bits per heavy atom. The molecule has 0 aliphatic carbocycles. The van der Waals surface area contributed by atoms with Crippen molar-refractivity contribution < 1.29 is 14.3 Å². The van der Waals surface area contributed by atoms with E-state index >= 15 is 0 Å². The number of rotatable bonds is 4. The van der Waals surface area contributed by atoms with E-state index in [1.807, 2.05) is 60.7 Å². The van der Waals surface area contributed by atoms with Gasteiger partial charge in [-0.05, 0) is 36.4 Å². The van der Waals surface area contributed by atoms with Crippen molar-refractivity contribution in [3.05, 3.63) is 84.9 Å². The fourth-order valence-electron chi connectivity index (χ4n) is 2.50. The largest absolute Gasteiger partial charge is 0.424 e. The monoisotopic (exact) mass is 346 g/mol. The molecular formula is C21H18N2O3. The van der Waals surface area contributed by atoms with Crippen LogP contribution < -0.4 is 15.0 Å². The maximum Gasteiger partial charge on any atom is 0.424 e. The number of hydrogen-bond acceptors (Lipinski definition) is 3. The third kappa shape index (κ3) is 4.08. The first-order valence-electron chi connectivity index (χ1n) is 8.14.